The zero-order valence-corrected chi connectivity index (χ0v) is 16.6. The van der Waals surface area contributed by atoms with E-state index in [1.165, 1.54) is 12.0 Å². The Kier molecular flexibility index (Phi) is 4.67. The molecular formula is C22H28N4O3. The van der Waals surface area contributed by atoms with Crippen molar-refractivity contribution in [3.8, 4) is 0 Å². The number of benzene rings is 1. The second-order valence-electron chi connectivity index (χ2n) is 9.18. The van der Waals surface area contributed by atoms with Crippen molar-refractivity contribution in [1.82, 2.24) is 15.1 Å². The number of hydrogen-bond donors (Lipinski definition) is 2. The molecule has 154 valence electrons. The predicted octanol–water partition coefficient (Wildman–Crippen LogP) is 1.01. The van der Waals surface area contributed by atoms with Crippen LogP contribution in [0.15, 0.2) is 18.2 Å². The van der Waals surface area contributed by atoms with Gasteiger partial charge in [-0.3, -0.25) is 24.6 Å². The van der Waals surface area contributed by atoms with E-state index in [0.717, 1.165) is 49.9 Å². The molecule has 1 aromatic rings. The van der Waals surface area contributed by atoms with E-state index in [1.807, 2.05) is 12.1 Å². The third-order valence-electron chi connectivity index (χ3n) is 7.16. The lowest BCUT2D eigenvalue weighted by Crippen LogP contribution is -2.52. The number of nitrogens with zero attached hydrogens (tertiary/aromatic N) is 2. The lowest BCUT2D eigenvalue weighted by atomic mass is 9.79. The highest BCUT2D eigenvalue weighted by molar-refractivity contribution is 6.05. The van der Waals surface area contributed by atoms with Crippen LogP contribution in [0, 0.1) is 11.8 Å². The number of imide groups is 1. The second-order valence-corrected chi connectivity index (χ2v) is 9.18. The topological polar surface area (TPSA) is 95.7 Å². The van der Waals surface area contributed by atoms with Crippen molar-refractivity contribution >= 4 is 17.7 Å². The van der Waals surface area contributed by atoms with Gasteiger partial charge in [0.05, 0.1) is 0 Å². The summed E-state index contributed by atoms with van der Waals surface area (Å²) in [7, 11) is 0. The number of fused-ring (bicyclic) bond motifs is 2. The molecule has 2 saturated heterocycles. The molecule has 3 fully saturated rings. The molecule has 4 unspecified atom stereocenters. The zero-order valence-electron chi connectivity index (χ0n) is 16.6. The van der Waals surface area contributed by atoms with Gasteiger partial charge in [0.25, 0.3) is 5.91 Å². The molecule has 1 aromatic carbocycles. The quantitative estimate of drug-likeness (QED) is 0.744. The third-order valence-corrected chi connectivity index (χ3v) is 7.16. The monoisotopic (exact) mass is 396 g/mol. The van der Waals surface area contributed by atoms with Gasteiger partial charge < -0.3 is 10.6 Å². The number of nitrogens with one attached hydrogen (secondary N) is 1. The van der Waals surface area contributed by atoms with Crippen molar-refractivity contribution in [2.75, 3.05) is 13.1 Å². The van der Waals surface area contributed by atoms with Gasteiger partial charge in [-0.05, 0) is 54.7 Å². The van der Waals surface area contributed by atoms with Gasteiger partial charge in [-0.15, -0.1) is 0 Å². The van der Waals surface area contributed by atoms with Crippen molar-refractivity contribution in [2.45, 2.75) is 57.3 Å². The Labute approximate surface area is 170 Å². The summed E-state index contributed by atoms with van der Waals surface area (Å²) in [4.78, 5) is 40.5. The van der Waals surface area contributed by atoms with Gasteiger partial charge in [0.2, 0.25) is 11.8 Å². The average molecular weight is 396 g/mol. The minimum absolute atomic E-state index is 0.109. The number of carbonyl (C=O) groups is 3. The largest absolute Gasteiger partial charge is 0.328 e. The summed E-state index contributed by atoms with van der Waals surface area (Å²) < 4.78 is 0. The summed E-state index contributed by atoms with van der Waals surface area (Å²) >= 11 is 0. The van der Waals surface area contributed by atoms with Gasteiger partial charge in [-0.2, -0.15) is 0 Å². The minimum atomic E-state index is -0.554. The maximum absolute atomic E-state index is 12.8. The molecule has 0 bridgehead atoms. The molecule has 1 aliphatic carbocycles. The summed E-state index contributed by atoms with van der Waals surface area (Å²) in [6.07, 6.45) is 4.20. The number of hydrogen-bond acceptors (Lipinski definition) is 5. The highest BCUT2D eigenvalue weighted by atomic mass is 16.2. The summed E-state index contributed by atoms with van der Waals surface area (Å²) in [6, 6.07) is 5.87. The summed E-state index contributed by atoms with van der Waals surface area (Å²) in [6.45, 7) is 3.57. The summed E-state index contributed by atoms with van der Waals surface area (Å²) in [5, 5.41) is 2.35. The van der Waals surface area contributed by atoms with Gasteiger partial charge in [-0.25, -0.2) is 0 Å². The highest BCUT2D eigenvalue weighted by Crippen LogP contribution is 2.36. The Morgan fingerprint density at radius 3 is 2.72 bits per heavy atom. The Balaban J connectivity index is 1.27. The molecule has 4 aliphatic rings. The van der Waals surface area contributed by atoms with E-state index in [9.17, 15) is 14.4 Å². The standard InChI is InChI=1S/C22H28N4O3/c23-17-3-2-14-10-25(11-15(14)8-17)9-13-1-4-18-16(7-13)12-26(22(18)29)19-5-6-20(27)24-21(19)28/h1,4,7,14-15,17,19H,2-3,5-6,8-12,23H2,(H,24,27,28). The maximum Gasteiger partial charge on any atom is 0.255 e. The van der Waals surface area contributed by atoms with Crippen LogP contribution in [0.4, 0.5) is 0 Å². The van der Waals surface area contributed by atoms with E-state index in [0.29, 0.717) is 24.6 Å². The molecule has 29 heavy (non-hydrogen) atoms. The number of rotatable bonds is 3. The highest BCUT2D eigenvalue weighted by Gasteiger charge is 2.40. The van der Waals surface area contributed by atoms with E-state index in [4.69, 9.17) is 5.73 Å². The van der Waals surface area contributed by atoms with Gasteiger partial charge in [0, 0.05) is 44.2 Å². The molecule has 1 saturated carbocycles. The molecule has 3 heterocycles. The van der Waals surface area contributed by atoms with Crippen LogP contribution >= 0.6 is 0 Å². The third kappa shape index (κ3) is 3.46. The Morgan fingerprint density at radius 1 is 1.07 bits per heavy atom. The molecule has 3 aliphatic heterocycles. The first-order valence-corrected chi connectivity index (χ1v) is 10.7. The average Bonchev–Trinajstić information content (AvgIpc) is 3.21. The first kappa shape index (κ1) is 18.8. The van der Waals surface area contributed by atoms with Crippen molar-refractivity contribution in [3.63, 3.8) is 0 Å². The van der Waals surface area contributed by atoms with Crippen LogP contribution < -0.4 is 11.1 Å². The summed E-state index contributed by atoms with van der Waals surface area (Å²) in [5.74, 6) is 0.763. The number of amides is 3. The lowest BCUT2D eigenvalue weighted by molar-refractivity contribution is -0.136. The van der Waals surface area contributed by atoms with Crippen molar-refractivity contribution < 1.29 is 14.4 Å². The van der Waals surface area contributed by atoms with Crippen LogP contribution in [0.2, 0.25) is 0 Å². The zero-order chi connectivity index (χ0) is 20.1. The summed E-state index contributed by atoms with van der Waals surface area (Å²) in [5.41, 5.74) is 9.03. The number of nitrogens with two attached hydrogens (primary N) is 1. The minimum Gasteiger partial charge on any atom is -0.328 e. The van der Waals surface area contributed by atoms with E-state index < -0.39 is 6.04 Å². The SMILES string of the molecule is NC1CCC2CN(Cc3ccc4c(c3)CN(C3CCC(=O)NC3=O)C4=O)CC2C1. The molecular weight excluding hydrogens is 368 g/mol. The second kappa shape index (κ2) is 7.22. The Hall–Kier alpha value is -2.25. The molecule has 5 rings (SSSR count). The lowest BCUT2D eigenvalue weighted by Gasteiger charge is -2.29. The Morgan fingerprint density at radius 2 is 1.90 bits per heavy atom. The van der Waals surface area contributed by atoms with Crippen LogP contribution in [0.1, 0.15) is 53.6 Å². The van der Waals surface area contributed by atoms with E-state index in [-0.39, 0.29) is 24.1 Å². The predicted molar refractivity (Wildman–Crippen MR) is 107 cm³/mol. The number of likely N-dealkylation sites (tertiary alicyclic amines) is 1. The van der Waals surface area contributed by atoms with Crippen molar-refractivity contribution in [2.24, 2.45) is 17.6 Å². The van der Waals surface area contributed by atoms with Gasteiger partial charge in [0.15, 0.2) is 0 Å². The first-order valence-electron chi connectivity index (χ1n) is 10.7. The fourth-order valence-electron chi connectivity index (χ4n) is 5.68. The van der Waals surface area contributed by atoms with Gasteiger partial charge >= 0.3 is 0 Å². The van der Waals surface area contributed by atoms with Crippen LogP contribution in [0.3, 0.4) is 0 Å². The normalized spacial score (nSPS) is 32.3. The molecule has 7 heteroatoms. The molecule has 7 nitrogen and oxygen atoms in total. The maximum atomic E-state index is 12.8. The molecule has 3 N–H and O–H groups in total. The van der Waals surface area contributed by atoms with Gasteiger partial charge in [0.1, 0.15) is 6.04 Å². The molecule has 0 spiro atoms. The van der Waals surface area contributed by atoms with Crippen LogP contribution in [-0.4, -0.2) is 52.7 Å². The molecule has 4 atom stereocenters. The molecule has 0 aromatic heterocycles. The van der Waals surface area contributed by atoms with Crippen molar-refractivity contribution in [3.05, 3.63) is 34.9 Å². The number of piperidine rings is 1. The number of carbonyl (C=O) groups excluding carboxylic acids is 3. The first-order chi connectivity index (χ1) is 14.0. The Bertz CT molecular complexity index is 870. The van der Waals surface area contributed by atoms with Crippen LogP contribution in [0.5, 0.6) is 0 Å². The van der Waals surface area contributed by atoms with E-state index in [1.54, 1.807) is 4.90 Å². The fraction of sp³-hybridized carbons (Fsp3) is 0.591. The van der Waals surface area contributed by atoms with Crippen molar-refractivity contribution in [1.29, 1.82) is 0 Å². The molecule has 0 radical (unpaired) electrons. The smallest absolute Gasteiger partial charge is 0.255 e. The van der Waals surface area contributed by atoms with Crippen LogP contribution in [0.25, 0.3) is 0 Å². The molecule has 3 amide bonds. The fourth-order valence-corrected chi connectivity index (χ4v) is 5.68. The van der Waals surface area contributed by atoms with Gasteiger partial charge in [-0.1, -0.05) is 12.1 Å². The van der Waals surface area contributed by atoms with Crippen LogP contribution in [-0.2, 0) is 22.7 Å². The van der Waals surface area contributed by atoms with E-state index >= 15 is 0 Å². The van der Waals surface area contributed by atoms with E-state index in [2.05, 4.69) is 16.3 Å².